The Balaban J connectivity index is 1.54. The van der Waals surface area contributed by atoms with Gasteiger partial charge in [0.05, 0.1) is 12.1 Å². The number of halogens is 1. The highest BCUT2D eigenvalue weighted by atomic mass is 79.9. The van der Waals surface area contributed by atoms with E-state index >= 15 is 0 Å². The lowest BCUT2D eigenvalue weighted by Crippen LogP contribution is -2.43. The van der Waals surface area contributed by atoms with Crippen LogP contribution in [-0.4, -0.2) is 34.2 Å². The van der Waals surface area contributed by atoms with Crippen LogP contribution in [0, 0.1) is 6.92 Å². The lowest BCUT2D eigenvalue weighted by Gasteiger charge is -2.28. The molecule has 2 amide bonds. The highest BCUT2D eigenvalue weighted by Crippen LogP contribution is 2.30. The smallest absolute Gasteiger partial charge is 0.255 e. The van der Waals surface area contributed by atoms with Gasteiger partial charge in [-0.1, -0.05) is 42.5 Å². The monoisotopic (exact) mass is 496 g/mol. The molecule has 1 heterocycles. The van der Waals surface area contributed by atoms with Gasteiger partial charge >= 0.3 is 0 Å². The summed E-state index contributed by atoms with van der Waals surface area (Å²) >= 11 is 5.19. The van der Waals surface area contributed by atoms with Gasteiger partial charge in [0.25, 0.3) is 5.91 Å². The van der Waals surface area contributed by atoms with Crippen LogP contribution in [-0.2, 0) is 17.9 Å². The molecule has 1 aliphatic rings. The molecule has 3 aromatic rings. The minimum atomic E-state index is -0.0880. The Bertz CT molecular complexity index is 1060. The summed E-state index contributed by atoms with van der Waals surface area (Å²) in [6.45, 7) is 3.25. The molecule has 0 bridgehead atoms. The van der Waals surface area contributed by atoms with Crippen molar-refractivity contribution in [2.24, 2.45) is 0 Å². The number of thiophene rings is 1. The molecule has 1 saturated carbocycles. The van der Waals surface area contributed by atoms with Crippen LogP contribution in [0.1, 0.15) is 38.5 Å². The predicted octanol–water partition coefficient (Wildman–Crippen LogP) is 5.65. The topological polar surface area (TPSA) is 40.6 Å². The van der Waals surface area contributed by atoms with Crippen LogP contribution < -0.4 is 0 Å². The summed E-state index contributed by atoms with van der Waals surface area (Å²) < 4.78 is 0.758. The van der Waals surface area contributed by atoms with Crippen molar-refractivity contribution < 1.29 is 9.59 Å². The maximum Gasteiger partial charge on any atom is 0.255 e. The molecule has 31 heavy (non-hydrogen) atoms. The SMILES string of the molecule is Cc1ccc(CN(Cc2ccccc2)C(=O)CN(C(=O)c2ccccc2Br)C2CC2)s1. The molecular weight excluding hydrogens is 472 g/mol. The zero-order valence-corrected chi connectivity index (χ0v) is 19.9. The number of amides is 2. The number of rotatable bonds is 8. The Morgan fingerprint density at radius 3 is 2.32 bits per heavy atom. The van der Waals surface area contributed by atoms with Gasteiger partial charge in [0.15, 0.2) is 0 Å². The number of carbonyl (C=O) groups is 2. The fourth-order valence-electron chi connectivity index (χ4n) is 3.58. The van der Waals surface area contributed by atoms with Crippen LogP contribution in [0.25, 0.3) is 0 Å². The Morgan fingerprint density at radius 1 is 0.968 bits per heavy atom. The average Bonchev–Trinajstić information content (AvgIpc) is 3.53. The Hall–Kier alpha value is -2.44. The Labute approximate surface area is 195 Å². The zero-order chi connectivity index (χ0) is 21.8. The van der Waals surface area contributed by atoms with Gasteiger partial charge in [-0.15, -0.1) is 11.3 Å². The first kappa shape index (κ1) is 21.8. The van der Waals surface area contributed by atoms with E-state index in [1.165, 1.54) is 4.88 Å². The quantitative estimate of drug-likeness (QED) is 0.404. The van der Waals surface area contributed by atoms with Crippen LogP contribution in [0.2, 0.25) is 0 Å². The molecule has 0 unspecified atom stereocenters. The fraction of sp³-hybridized carbons (Fsp3) is 0.280. The molecule has 0 radical (unpaired) electrons. The summed E-state index contributed by atoms with van der Waals surface area (Å²) in [4.78, 5) is 32.7. The third kappa shape index (κ3) is 5.63. The van der Waals surface area contributed by atoms with E-state index in [0.717, 1.165) is 27.8 Å². The van der Waals surface area contributed by atoms with Crippen LogP contribution in [0.5, 0.6) is 0 Å². The van der Waals surface area contributed by atoms with Crippen LogP contribution in [0.15, 0.2) is 71.2 Å². The van der Waals surface area contributed by atoms with E-state index in [1.807, 2.05) is 59.5 Å². The number of hydrogen-bond acceptors (Lipinski definition) is 3. The molecule has 6 heteroatoms. The minimum absolute atomic E-state index is 0.0257. The lowest BCUT2D eigenvalue weighted by atomic mass is 10.2. The third-order valence-corrected chi connectivity index (χ3v) is 7.05. The highest BCUT2D eigenvalue weighted by molar-refractivity contribution is 9.10. The number of benzene rings is 2. The maximum absolute atomic E-state index is 13.4. The summed E-state index contributed by atoms with van der Waals surface area (Å²) in [7, 11) is 0. The summed E-state index contributed by atoms with van der Waals surface area (Å²) in [5.41, 5.74) is 1.69. The molecule has 0 aliphatic heterocycles. The first-order valence-electron chi connectivity index (χ1n) is 10.4. The van der Waals surface area contributed by atoms with Crippen LogP contribution in [0.4, 0.5) is 0 Å². The van der Waals surface area contributed by atoms with Gasteiger partial charge < -0.3 is 9.80 Å². The molecule has 1 aliphatic carbocycles. The minimum Gasteiger partial charge on any atom is -0.332 e. The third-order valence-electron chi connectivity index (χ3n) is 5.37. The molecule has 1 fully saturated rings. The highest BCUT2D eigenvalue weighted by Gasteiger charge is 2.35. The summed E-state index contributed by atoms with van der Waals surface area (Å²) in [6, 6.07) is 21.7. The van der Waals surface area contributed by atoms with Crippen molar-refractivity contribution >= 4 is 39.1 Å². The van der Waals surface area contributed by atoms with E-state index in [1.54, 1.807) is 16.2 Å². The number of hydrogen-bond donors (Lipinski definition) is 0. The molecule has 0 saturated heterocycles. The van der Waals surface area contributed by atoms with Crippen molar-refractivity contribution in [3.63, 3.8) is 0 Å². The molecular formula is C25H25BrN2O2S. The number of nitrogens with zero attached hydrogens (tertiary/aromatic N) is 2. The van der Waals surface area contributed by atoms with E-state index in [4.69, 9.17) is 0 Å². The van der Waals surface area contributed by atoms with Crippen molar-refractivity contribution in [2.45, 2.75) is 38.9 Å². The molecule has 0 atom stereocenters. The molecule has 4 rings (SSSR count). The van der Waals surface area contributed by atoms with Gasteiger partial charge in [-0.2, -0.15) is 0 Å². The normalized spacial score (nSPS) is 13.1. The second-order valence-electron chi connectivity index (χ2n) is 7.89. The van der Waals surface area contributed by atoms with Gasteiger partial charge in [-0.25, -0.2) is 0 Å². The van der Waals surface area contributed by atoms with Gasteiger partial charge in [0.2, 0.25) is 5.91 Å². The van der Waals surface area contributed by atoms with E-state index < -0.39 is 0 Å². The van der Waals surface area contributed by atoms with Gasteiger partial charge in [0.1, 0.15) is 6.54 Å². The van der Waals surface area contributed by atoms with Crippen molar-refractivity contribution in [3.8, 4) is 0 Å². The average molecular weight is 497 g/mol. The van der Waals surface area contributed by atoms with E-state index in [-0.39, 0.29) is 24.4 Å². The Kier molecular flexibility index (Phi) is 6.88. The number of aryl methyl sites for hydroxylation is 1. The molecule has 0 spiro atoms. The first-order valence-corrected chi connectivity index (χ1v) is 12.0. The standard InChI is InChI=1S/C25H25BrN2O2S/c1-18-11-14-21(31-18)16-27(15-19-7-3-2-4-8-19)24(29)17-28(20-12-13-20)25(30)22-9-5-6-10-23(22)26/h2-11,14,20H,12-13,15-17H2,1H3. The van der Waals surface area contributed by atoms with E-state index in [0.29, 0.717) is 18.7 Å². The second-order valence-corrected chi connectivity index (χ2v) is 10.1. The Morgan fingerprint density at radius 2 is 1.68 bits per heavy atom. The van der Waals surface area contributed by atoms with Gasteiger partial charge in [0, 0.05) is 26.8 Å². The number of carbonyl (C=O) groups excluding carboxylic acids is 2. The summed E-state index contributed by atoms with van der Waals surface area (Å²) in [5.74, 6) is -0.114. The van der Waals surface area contributed by atoms with Crippen molar-refractivity contribution in [1.29, 1.82) is 0 Å². The maximum atomic E-state index is 13.4. The van der Waals surface area contributed by atoms with Crippen LogP contribution >= 0.6 is 27.3 Å². The van der Waals surface area contributed by atoms with Gasteiger partial charge in [-0.3, -0.25) is 9.59 Å². The molecule has 0 N–H and O–H groups in total. The largest absolute Gasteiger partial charge is 0.332 e. The summed E-state index contributed by atoms with van der Waals surface area (Å²) in [5, 5.41) is 0. The first-order chi connectivity index (χ1) is 15.0. The van der Waals surface area contributed by atoms with Gasteiger partial charge in [-0.05, 0) is 65.5 Å². The zero-order valence-electron chi connectivity index (χ0n) is 17.5. The van der Waals surface area contributed by atoms with Crippen molar-refractivity contribution in [1.82, 2.24) is 9.80 Å². The fourth-order valence-corrected chi connectivity index (χ4v) is 4.94. The van der Waals surface area contributed by atoms with Crippen molar-refractivity contribution in [2.75, 3.05) is 6.54 Å². The molecule has 1 aromatic heterocycles. The van der Waals surface area contributed by atoms with E-state index in [2.05, 4.69) is 35.0 Å². The van der Waals surface area contributed by atoms with Crippen molar-refractivity contribution in [3.05, 3.63) is 92.1 Å². The van der Waals surface area contributed by atoms with Crippen LogP contribution in [0.3, 0.4) is 0 Å². The lowest BCUT2D eigenvalue weighted by molar-refractivity contribution is -0.133. The predicted molar refractivity (Wildman–Crippen MR) is 128 cm³/mol. The second kappa shape index (κ2) is 9.79. The van der Waals surface area contributed by atoms with E-state index in [9.17, 15) is 9.59 Å². The molecule has 4 nitrogen and oxygen atoms in total. The summed E-state index contributed by atoms with van der Waals surface area (Å²) in [6.07, 6.45) is 1.90. The molecule has 2 aromatic carbocycles. The molecule has 160 valence electrons.